The van der Waals surface area contributed by atoms with E-state index in [2.05, 4.69) is 20.2 Å². The number of methoxy groups -OCH3 is 1. The number of hydrogen-bond donors (Lipinski definition) is 2. The van der Waals surface area contributed by atoms with E-state index in [1.165, 1.54) is 17.8 Å². The highest BCUT2D eigenvalue weighted by atomic mass is 35.5. The molecule has 164 valence electrons. The largest absolute Gasteiger partial charge is 0.497 e. The minimum absolute atomic E-state index is 0.200. The number of aromatic amines is 2. The SMILES string of the molecule is COc1cccc(-n2c(Cc3cc(=O)[nH]c(=O)[nH]3)nnc2SCc2ccc(Cl)cc2Cl)c1. The van der Waals surface area contributed by atoms with Gasteiger partial charge in [0.25, 0.3) is 5.56 Å². The average molecular weight is 490 g/mol. The van der Waals surface area contributed by atoms with Gasteiger partial charge in [-0.3, -0.25) is 14.3 Å². The van der Waals surface area contributed by atoms with Gasteiger partial charge in [0.05, 0.1) is 12.8 Å². The van der Waals surface area contributed by atoms with Crippen LogP contribution in [0, 0.1) is 0 Å². The molecule has 0 atom stereocenters. The first-order valence-corrected chi connectivity index (χ1v) is 11.1. The highest BCUT2D eigenvalue weighted by Gasteiger charge is 2.17. The zero-order valence-corrected chi connectivity index (χ0v) is 19.1. The van der Waals surface area contributed by atoms with Crippen molar-refractivity contribution in [1.82, 2.24) is 24.7 Å². The van der Waals surface area contributed by atoms with Crippen LogP contribution >= 0.6 is 35.0 Å². The number of nitrogens with one attached hydrogen (secondary N) is 2. The van der Waals surface area contributed by atoms with Crippen molar-refractivity contribution >= 4 is 35.0 Å². The van der Waals surface area contributed by atoms with Crippen LogP contribution in [0.1, 0.15) is 17.1 Å². The van der Waals surface area contributed by atoms with Crippen LogP contribution in [-0.2, 0) is 12.2 Å². The fourth-order valence-corrected chi connectivity index (χ4v) is 4.61. The Balaban J connectivity index is 1.72. The molecule has 0 aliphatic heterocycles. The molecule has 0 aliphatic rings. The summed E-state index contributed by atoms with van der Waals surface area (Å²) >= 11 is 13.7. The van der Waals surface area contributed by atoms with E-state index >= 15 is 0 Å². The average Bonchev–Trinajstić information content (AvgIpc) is 3.14. The van der Waals surface area contributed by atoms with Crippen molar-refractivity contribution in [2.45, 2.75) is 17.3 Å². The molecule has 8 nitrogen and oxygen atoms in total. The normalized spacial score (nSPS) is 11.0. The van der Waals surface area contributed by atoms with Crippen LogP contribution in [0.4, 0.5) is 0 Å². The number of halogens is 2. The number of benzene rings is 2. The Morgan fingerprint density at radius 2 is 1.91 bits per heavy atom. The molecule has 0 radical (unpaired) electrons. The summed E-state index contributed by atoms with van der Waals surface area (Å²) in [7, 11) is 1.59. The van der Waals surface area contributed by atoms with Gasteiger partial charge in [-0.25, -0.2) is 4.79 Å². The van der Waals surface area contributed by atoms with Crippen LogP contribution in [0.2, 0.25) is 10.0 Å². The van der Waals surface area contributed by atoms with Crippen LogP contribution in [0.3, 0.4) is 0 Å². The number of aromatic nitrogens is 5. The van der Waals surface area contributed by atoms with Crippen molar-refractivity contribution in [2.24, 2.45) is 0 Å². The van der Waals surface area contributed by atoms with Crippen molar-refractivity contribution < 1.29 is 4.74 Å². The van der Waals surface area contributed by atoms with Crippen LogP contribution in [-0.4, -0.2) is 31.8 Å². The summed E-state index contributed by atoms with van der Waals surface area (Å²) in [5.41, 5.74) is 1.05. The van der Waals surface area contributed by atoms with E-state index in [4.69, 9.17) is 27.9 Å². The van der Waals surface area contributed by atoms with Crippen molar-refractivity contribution in [3.05, 3.63) is 96.5 Å². The predicted molar refractivity (Wildman–Crippen MR) is 124 cm³/mol. The summed E-state index contributed by atoms with van der Waals surface area (Å²) in [5.74, 6) is 1.76. The lowest BCUT2D eigenvalue weighted by Crippen LogP contribution is -2.23. The maximum atomic E-state index is 11.7. The van der Waals surface area contributed by atoms with E-state index in [-0.39, 0.29) is 6.42 Å². The lowest BCUT2D eigenvalue weighted by molar-refractivity contribution is 0.414. The van der Waals surface area contributed by atoms with Gasteiger partial charge >= 0.3 is 5.69 Å². The Morgan fingerprint density at radius 3 is 2.66 bits per heavy atom. The molecular weight excluding hydrogens is 473 g/mol. The van der Waals surface area contributed by atoms with Gasteiger partial charge in [0.15, 0.2) is 5.16 Å². The molecule has 32 heavy (non-hydrogen) atoms. The number of thioether (sulfide) groups is 1. The molecule has 0 amide bonds. The smallest absolute Gasteiger partial charge is 0.325 e. The van der Waals surface area contributed by atoms with E-state index in [1.807, 2.05) is 34.9 Å². The van der Waals surface area contributed by atoms with Crippen LogP contribution in [0.25, 0.3) is 5.69 Å². The molecular formula is C21H17Cl2N5O3S. The van der Waals surface area contributed by atoms with Gasteiger partial charge in [0.1, 0.15) is 11.6 Å². The molecule has 0 bridgehead atoms. The van der Waals surface area contributed by atoms with Gasteiger partial charge in [0, 0.05) is 40.0 Å². The van der Waals surface area contributed by atoms with E-state index < -0.39 is 11.2 Å². The maximum Gasteiger partial charge on any atom is 0.325 e. The van der Waals surface area contributed by atoms with Gasteiger partial charge < -0.3 is 9.72 Å². The second kappa shape index (κ2) is 9.64. The highest BCUT2D eigenvalue weighted by Crippen LogP contribution is 2.30. The monoisotopic (exact) mass is 489 g/mol. The number of rotatable bonds is 7. The summed E-state index contributed by atoms with van der Waals surface area (Å²) in [6, 6.07) is 14.1. The Kier molecular flexibility index (Phi) is 6.69. The molecule has 0 aliphatic carbocycles. The van der Waals surface area contributed by atoms with Crippen LogP contribution in [0.5, 0.6) is 5.75 Å². The molecule has 2 N–H and O–H groups in total. The Labute approximate surface area is 196 Å². The first-order chi connectivity index (χ1) is 15.4. The van der Waals surface area contributed by atoms with E-state index in [9.17, 15) is 9.59 Å². The highest BCUT2D eigenvalue weighted by molar-refractivity contribution is 7.98. The third kappa shape index (κ3) is 5.07. The molecule has 2 aromatic heterocycles. The van der Waals surface area contributed by atoms with Gasteiger partial charge in [-0.1, -0.05) is 47.1 Å². The molecule has 0 saturated heterocycles. The first-order valence-electron chi connectivity index (χ1n) is 9.41. The quantitative estimate of drug-likeness (QED) is 0.382. The third-order valence-electron chi connectivity index (χ3n) is 4.55. The van der Waals surface area contributed by atoms with Gasteiger partial charge in [-0.2, -0.15) is 0 Å². The minimum atomic E-state index is -0.577. The van der Waals surface area contributed by atoms with Gasteiger partial charge in [-0.15, -0.1) is 10.2 Å². The molecule has 11 heteroatoms. The zero-order valence-electron chi connectivity index (χ0n) is 16.8. The Hall–Kier alpha value is -3.01. The van der Waals surface area contributed by atoms with Crippen molar-refractivity contribution in [1.29, 1.82) is 0 Å². The number of hydrogen-bond acceptors (Lipinski definition) is 6. The zero-order chi connectivity index (χ0) is 22.7. The molecule has 4 rings (SSSR count). The summed E-state index contributed by atoms with van der Waals surface area (Å²) in [6.45, 7) is 0. The fraction of sp³-hybridized carbons (Fsp3) is 0.143. The lowest BCUT2D eigenvalue weighted by Gasteiger charge is -2.12. The number of nitrogens with zero attached hydrogens (tertiary/aromatic N) is 3. The number of H-pyrrole nitrogens is 2. The topological polar surface area (TPSA) is 106 Å². The van der Waals surface area contributed by atoms with Crippen LogP contribution < -0.4 is 16.0 Å². The molecule has 4 aromatic rings. The first kappa shape index (κ1) is 22.2. The van der Waals surface area contributed by atoms with Crippen LogP contribution in [0.15, 0.2) is 63.3 Å². The third-order valence-corrected chi connectivity index (χ3v) is 6.11. The Morgan fingerprint density at radius 1 is 1.06 bits per heavy atom. The Bertz CT molecular complexity index is 1350. The van der Waals surface area contributed by atoms with Gasteiger partial charge in [0.2, 0.25) is 0 Å². The standard InChI is InChI=1S/C21H17Cl2N5O3S/c1-31-16-4-2-3-15(10-16)28-18(8-14-9-19(29)25-20(30)24-14)26-27-21(28)32-11-12-5-6-13(22)7-17(12)23/h2-7,9-10H,8,11H2,1H3,(H2,24,25,29,30). The maximum absolute atomic E-state index is 11.7. The summed E-state index contributed by atoms with van der Waals surface area (Å²) < 4.78 is 7.21. The molecule has 0 saturated carbocycles. The number of ether oxygens (including phenoxy) is 1. The molecule has 0 spiro atoms. The fourth-order valence-electron chi connectivity index (χ4n) is 3.08. The second-order valence-corrected chi connectivity index (χ2v) is 8.54. The summed E-state index contributed by atoms with van der Waals surface area (Å²) in [6.07, 6.45) is 0.200. The molecule has 0 fully saturated rings. The molecule has 0 unspecified atom stereocenters. The summed E-state index contributed by atoms with van der Waals surface area (Å²) in [4.78, 5) is 28.1. The molecule has 2 aromatic carbocycles. The van der Waals surface area contributed by atoms with Crippen molar-refractivity contribution in [2.75, 3.05) is 7.11 Å². The minimum Gasteiger partial charge on any atom is -0.497 e. The van der Waals surface area contributed by atoms with Gasteiger partial charge in [-0.05, 0) is 29.8 Å². The van der Waals surface area contributed by atoms with E-state index in [1.54, 1.807) is 19.2 Å². The van der Waals surface area contributed by atoms with Crippen molar-refractivity contribution in [3.63, 3.8) is 0 Å². The predicted octanol–water partition coefficient (Wildman–Crippen LogP) is 3.84. The summed E-state index contributed by atoms with van der Waals surface area (Å²) in [5, 5.41) is 10.4. The second-order valence-electron chi connectivity index (χ2n) is 6.75. The molecule has 2 heterocycles. The van der Waals surface area contributed by atoms with Crippen molar-refractivity contribution in [3.8, 4) is 11.4 Å². The van der Waals surface area contributed by atoms with E-state index in [0.29, 0.717) is 38.2 Å². The van der Waals surface area contributed by atoms with E-state index in [0.717, 1.165) is 11.3 Å². The lowest BCUT2D eigenvalue weighted by atomic mass is 10.2.